The Labute approximate surface area is 190 Å². The summed E-state index contributed by atoms with van der Waals surface area (Å²) in [6, 6.07) is 25.2. The van der Waals surface area contributed by atoms with Crippen molar-refractivity contribution in [3.63, 3.8) is 0 Å². The Balaban J connectivity index is 1.49. The zero-order valence-electron chi connectivity index (χ0n) is 18.0. The molecule has 0 bridgehead atoms. The van der Waals surface area contributed by atoms with Gasteiger partial charge in [-0.1, -0.05) is 48.5 Å². The molecule has 0 unspecified atom stereocenters. The topological polar surface area (TPSA) is 90.5 Å². The van der Waals surface area contributed by atoms with Crippen LogP contribution in [0, 0.1) is 10.1 Å². The standard InChI is InChI=1S/C25H22N4O4/c1-27(24(30)18-33-23-14-12-22(13-15-23)29(31)32)16-20-17-28(21-10-6-3-7-11-21)26-25(20)19-8-4-2-5-9-19/h2-15,17H,16,18H2,1H3. The SMILES string of the molecule is CN(Cc1cn(-c2ccccc2)nc1-c1ccccc1)C(=O)COc1ccc([N+](=O)[O-])cc1. The van der Waals surface area contributed by atoms with E-state index in [-0.39, 0.29) is 18.2 Å². The third-order valence-corrected chi connectivity index (χ3v) is 5.10. The summed E-state index contributed by atoms with van der Waals surface area (Å²) >= 11 is 0. The molecule has 0 aliphatic rings. The van der Waals surface area contributed by atoms with Crippen molar-refractivity contribution in [1.82, 2.24) is 14.7 Å². The highest BCUT2D eigenvalue weighted by Gasteiger charge is 2.17. The van der Waals surface area contributed by atoms with Crippen molar-refractivity contribution in [1.29, 1.82) is 0 Å². The maximum atomic E-state index is 12.7. The highest BCUT2D eigenvalue weighted by atomic mass is 16.6. The van der Waals surface area contributed by atoms with Gasteiger partial charge in [0.15, 0.2) is 6.61 Å². The van der Waals surface area contributed by atoms with Gasteiger partial charge in [0.05, 0.1) is 16.3 Å². The Morgan fingerprint density at radius 2 is 1.64 bits per heavy atom. The van der Waals surface area contributed by atoms with Gasteiger partial charge in [0.1, 0.15) is 5.75 Å². The molecule has 1 amide bonds. The van der Waals surface area contributed by atoms with Crippen LogP contribution in [0.1, 0.15) is 5.56 Å². The molecule has 0 saturated carbocycles. The highest BCUT2D eigenvalue weighted by Crippen LogP contribution is 2.25. The minimum absolute atomic E-state index is 0.0327. The van der Waals surface area contributed by atoms with E-state index in [0.29, 0.717) is 12.3 Å². The summed E-state index contributed by atoms with van der Waals surface area (Å²) in [6.07, 6.45) is 1.93. The van der Waals surface area contributed by atoms with E-state index in [1.807, 2.05) is 71.5 Å². The number of ether oxygens (including phenoxy) is 1. The van der Waals surface area contributed by atoms with Gasteiger partial charge in [0.25, 0.3) is 11.6 Å². The molecule has 0 atom stereocenters. The van der Waals surface area contributed by atoms with Crippen molar-refractivity contribution >= 4 is 11.6 Å². The molecule has 0 N–H and O–H groups in total. The molecule has 0 saturated heterocycles. The lowest BCUT2D eigenvalue weighted by Crippen LogP contribution is -2.31. The normalized spacial score (nSPS) is 10.6. The summed E-state index contributed by atoms with van der Waals surface area (Å²) < 4.78 is 7.33. The second-order valence-corrected chi connectivity index (χ2v) is 7.44. The van der Waals surface area contributed by atoms with Gasteiger partial charge >= 0.3 is 0 Å². The number of hydrogen-bond donors (Lipinski definition) is 0. The van der Waals surface area contributed by atoms with Crippen LogP contribution in [-0.2, 0) is 11.3 Å². The third-order valence-electron chi connectivity index (χ3n) is 5.10. The van der Waals surface area contributed by atoms with Gasteiger partial charge in [-0.15, -0.1) is 0 Å². The lowest BCUT2D eigenvalue weighted by Gasteiger charge is -2.17. The van der Waals surface area contributed by atoms with Crippen molar-refractivity contribution in [2.45, 2.75) is 6.54 Å². The van der Waals surface area contributed by atoms with Crippen molar-refractivity contribution in [3.05, 3.63) is 107 Å². The Morgan fingerprint density at radius 3 is 2.27 bits per heavy atom. The van der Waals surface area contributed by atoms with Gasteiger partial charge < -0.3 is 9.64 Å². The zero-order chi connectivity index (χ0) is 23.2. The summed E-state index contributed by atoms with van der Waals surface area (Å²) in [6.45, 7) is 0.168. The zero-order valence-corrected chi connectivity index (χ0v) is 18.0. The Morgan fingerprint density at radius 1 is 1.00 bits per heavy atom. The molecule has 1 aromatic heterocycles. The van der Waals surface area contributed by atoms with Crippen molar-refractivity contribution in [2.75, 3.05) is 13.7 Å². The van der Waals surface area contributed by atoms with Gasteiger partial charge in [-0.25, -0.2) is 4.68 Å². The van der Waals surface area contributed by atoms with Crippen LogP contribution in [-0.4, -0.2) is 39.2 Å². The van der Waals surface area contributed by atoms with E-state index in [1.165, 1.54) is 24.3 Å². The maximum absolute atomic E-state index is 12.7. The molecule has 33 heavy (non-hydrogen) atoms. The number of hydrogen-bond acceptors (Lipinski definition) is 5. The van der Waals surface area contributed by atoms with Crippen LogP contribution in [0.15, 0.2) is 91.1 Å². The van der Waals surface area contributed by atoms with E-state index in [1.54, 1.807) is 11.9 Å². The summed E-state index contributed by atoms with van der Waals surface area (Å²) in [4.78, 5) is 24.5. The van der Waals surface area contributed by atoms with Gasteiger partial charge in [0, 0.05) is 43.0 Å². The second kappa shape index (κ2) is 9.78. The molecule has 8 heteroatoms. The molecule has 4 aromatic rings. The van der Waals surface area contributed by atoms with Gasteiger partial charge in [0.2, 0.25) is 0 Å². The number of aromatic nitrogens is 2. The van der Waals surface area contributed by atoms with Crippen LogP contribution in [0.25, 0.3) is 16.9 Å². The first kappa shape index (κ1) is 21.8. The van der Waals surface area contributed by atoms with E-state index in [2.05, 4.69) is 0 Å². The number of para-hydroxylation sites is 1. The van der Waals surface area contributed by atoms with Gasteiger partial charge in [-0.05, 0) is 24.3 Å². The number of nitro groups is 1. The molecule has 0 fully saturated rings. The molecule has 0 aliphatic carbocycles. The maximum Gasteiger partial charge on any atom is 0.269 e. The van der Waals surface area contributed by atoms with Crippen LogP contribution >= 0.6 is 0 Å². The third kappa shape index (κ3) is 5.24. The molecule has 0 aliphatic heterocycles. The van der Waals surface area contributed by atoms with Crippen LogP contribution < -0.4 is 4.74 Å². The minimum Gasteiger partial charge on any atom is -0.484 e. The molecule has 4 rings (SSSR count). The molecule has 3 aromatic carbocycles. The van der Waals surface area contributed by atoms with Crippen LogP contribution in [0.5, 0.6) is 5.75 Å². The number of nitro benzene ring substituents is 1. The highest BCUT2D eigenvalue weighted by molar-refractivity contribution is 5.78. The van der Waals surface area contributed by atoms with Crippen LogP contribution in [0.3, 0.4) is 0 Å². The fourth-order valence-corrected chi connectivity index (χ4v) is 3.34. The summed E-state index contributed by atoms with van der Waals surface area (Å²) in [5, 5.41) is 15.5. The first-order valence-corrected chi connectivity index (χ1v) is 10.3. The Bertz CT molecular complexity index is 1240. The molecule has 0 radical (unpaired) electrons. The van der Waals surface area contributed by atoms with Crippen molar-refractivity contribution in [2.24, 2.45) is 0 Å². The smallest absolute Gasteiger partial charge is 0.269 e. The van der Waals surface area contributed by atoms with Crippen molar-refractivity contribution in [3.8, 4) is 22.7 Å². The lowest BCUT2D eigenvalue weighted by molar-refractivity contribution is -0.384. The first-order valence-electron chi connectivity index (χ1n) is 10.3. The number of carbonyl (C=O) groups is 1. The minimum atomic E-state index is -0.483. The van der Waals surface area contributed by atoms with E-state index >= 15 is 0 Å². The van der Waals surface area contributed by atoms with E-state index < -0.39 is 4.92 Å². The summed E-state index contributed by atoms with van der Waals surface area (Å²) in [5.74, 6) is 0.170. The Hall–Kier alpha value is -4.46. The summed E-state index contributed by atoms with van der Waals surface area (Å²) in [7, 11) is 1.70. The van der Waals surface area contributed by atoms with Crippen molar-refractivity contribution < 1.29 is 14.5 Å². The average molecular weight is 442 g/mol. The number of carbonyl (C=O) groups excluding carboxylic acids is 1. The number of benzene rings is 3. The molecular formula is C25H22N4O4. The second-order valence-electron chi connectivity index (χ2n) is 7.44. The largest absolute Gasteiger partial charge is 0.484 e. The number of amides is 1. The van der Waals surface area contributed by atoms with E-state index in [4.69, 9.17) is 9.84 Å². The fraction of sp³-hybridized carbons (Fsp3) is 0.120. The lowest BCUT2D eigenvalue weighted by atomic mass is 10.1. The average Bonchev–Trinajstić information content (AvgIpc) is 3.27. The molecule has 8 nitrogen and oxygen atoms in total. The molecule has 166 valence electrons. The monoisotopic (exact) mass is 442 g/mol. The first-order chi connectivity index (χ1) is 16.0. The van der Waals surface area contributed by atoms with Gasteiger partial charge in [-0.2, -0.15) is 5.10 Å². The van der Waals surface area contributed by atoms with Crippen LogP contribution in [0.2, 0.25) is 0 Å². The number of likely N-dealkylation sites (N-methyl/N-ethyl adjacent to an activating group) is 1. The molecular weight excluding hydrogens is 420 g/mol. The van der Waals surface area contributed by atoms with E-state index in [9.17, 15) is 14.9 Å². The quantitative estimate of drug-likeness (QED) is 0.296. The fourth-order valence-electron chi connectivity index (χ4n) is 3.34. The number of nitrogens with zero attached hydrogens (tertiary/aromatic N) is 4. The molecule has 1 heterocycles. The predicted octanol–water partition coefficient (Wildman–Crippen LogP) is 4.48. The number of non-ortho nitro benzene ring substituents is 1. The van der Waals surface area contributed by atoms with E-state index in [0.717, 1.165) is 22.5 Å². The van der Waals surface area contributed by atoms with Crippen LogP contribution in [0.4, 0.5) is 5.69 Å². The molecule has 0 spiro atoms. The number of rotatable bonds is 8. The Kier molecular flexibility index (Phi) is 6.45. The van der Waals surface area contributed by atoms with Gasteiger partial charge in [-0.3, -0.25) is 14.9 Å². The predicted molar refractivity (Wildman–Crippen MR) is 124 cm³/mol. The summed E-state index contributed by atoms with van der Waals surface area (Å²) in [5.41, 5.74) is 3.56.